The van der Waals surface area contributed by atoms with Crippen molar-refractivity contribution in [2.45, 2.75) is 0 Å². The summed E-state index contributed by atoms with van der Waals surface area (Å²) in [5, 5.41) is 8.73. The van der Waals surface area contributed by atoms with Gasteiger partial charge >= 0.3 is 0 Å². The molecule has 2 aromatic rings. The van der Waals surface area contributed by atoms with Crippen LogP contribution in [0, 0.1) is 0 Å². The first-order valence-electron chi connectivity index (χ1n) is 5.31. The Labute approximate surface area is 93.4 Å². The number of hydrogen-bond donors (Lipinski definition) is 2. The van der Waals surface area contributed by atoms with E-state index in [4.69, 9.17) is 0 Å². The van der Waals surface area contributed by atoms with Gasteiger partial charge in [0.15, 0.2) is 5.96 Å². The first kappa shape index (κ1) is 9.15. The van der Waals surface area contributed by atoms with Crippen molar-refractivity contribution in [2.24, 2.45) is 4.99 Å². The van der Waals surface area contributed by atoms with Gasteiger partial charge in [-0.2, -0.15) is 0 Å². The lowest BCUT2D eigenvalue weighted by atomic mass is 10.1. The molecule has 0 saturated carbocycles. The maximum atomic E-state index is 4.30. The summed E-state index contributed by atoms with van der Waals surface area (Å²) in [6.45, 7) is 1.74. The normalized spacial score (nSPS) is 14.6. The predicted molar refractivity (Wildman–Crippen MR) is 65.7 cm³/mol. The first-order chi connectivity index (χ1) is 7.93. The third-order valence-electron chi connectivity index (χ3n) is 2.60. The summed E-state index contributed by atoms with van der Waals surface area (Å²) in [7, 11) is 0. The van der Waals surface area contributed by atoms with Gasteiger partial charge in [0.2, 0.25) is 0 Å². The minimum absolute atomic E-state index is 0.832. The molecule has 0 unspecified atom stereocenters. The van der Waals surface area contributed by atoms with Crippen molar-refractivity contribution >= 4 is 22.4 Å². The van der Waals surface area contributed by atoms with E-state index < -0.39 is 0 Å². The average molecular weight is 212 g/mol. The molecule has 1 aromatic carbocycles. The third kappa shape index (κ3) is 1.58. The molecule has 0 bridgehead atoms. The van der Waals surface area contributed by atoms with E-state index >= 15 is 0 Å². The quantitative estimate of drug-likeness (QED) is 0.755. The highest BCUT2D eigenvalue weighted by atomic mass is 15.2. The molecule has 4 heteroatoms. The minimum atomic E-state index is 0.832. The summed E-state index contributed by atoms with van der Waals surface area (Å²) < 4.78 is 0. The molecule has 2 N–H and O–H groups in total. The van der Waals surface area contributed by atoms with E-state index in [-0.39, 0.29) is 0 Å². The monoisotopic (exact) mass is 212 g/mol. The molecule has 3 rings (SSSR count). The smallest absolute Gasteiger partial charge is 0.195 e. The number of fused-ring (bicyclic) bond motifs is 1. The summed E-state index contributed by atoms with van der Waals surface area (Å²) in [5.41, 5.74) is 0.992. The van der Waals surface area contributed by atoms with Crippen LogP contribution in [0.3, 0.4) is 0 Å². The minimum Gasteiger partial charge on any atom is -0.354 e. The predicted octanol–water partition coefficient (Wildman–Crippen LogP) is 1.61. The van der Waals surface area contributed by atoms with Crippen molar-refractivity contribution in [3.05, 3.63) is 36.7 Å². The second-order valence-corrected chi connectivity index (χ2v) is 3.69. The van der Waals surface area contributed by atoms with E-state index in [0.717, 1.165) is 35.5 Å². The van der Waals surface area contributed by atoms with Gasteiger partial charge in [-0.05, 0) is 0 Å². The number of benzene rings is 1. The van der Waals surface area contributed by atoms with Crippen LogP contribution in [0.1, 0.15) is 0 Å². The lowest BCUT2D eigenvalue weighted by Crippen LogP contribution is -2.26. The molecule has 0 saturated heterocycles. The van der Waals surface area contributed by atoms with Crippen molar-refractivity contribution in [2.75, 3.05) is 18.4 Å². The van der Waals surface area contributed by atoms with Crippen LogP contribution < -0.4 is 10.6 Å². The van der Waals surface area contributed by atoms with Crippen molar-refractivity contribution in [1.82, 2.24) is 10.3 Å². The highest BCUT2D eigenvalue weighted by Gasteiger charge is 2.07. The van der Waals surface area contributed by atoms with E-state index in [2.05, 4.69) is 32.7 Å². The van der Waals surface area contributed by atoms with E-state index in [0.29, 0.717) is 0 Å². The number of pyridine rings is 1. The van der Waals surface area contributed by atoms with E-state index in [1.165, 1.54) is 0 Å². The Morgan fingerprint density at radius 1 is 1.19 bits per heavy atom. The van der Waals surface area contributed by atoms with Crippen LogP contribution in [0.4, 0.5) is 5.69 Å². The summed E-state index contributed by atoms with van der Waals surface area (Å²) in [5.74, 6) is 0.832. The SMILES string of the molecule is c1ccc2c(NC3=NCCN3)cncc2c1. The fraction of sp³-hybridized carbons (Fsp3) is 0.167. The third-order valence-corrected chi connectivity index (χ3v) is 2.60. The topological polar surface area (TPSA) is 49.3 Å². The molecule has 80 valence electrons. The summed E-state index contributed by atoms with van der Waals surface area (Å²) in [6.07, 6.45) is 3.69. The number of rotatable bonds is 1. The van der Waals surface area contributed by atoms with Gasteiger partial charge in [0.1, 0.15) is 0 Å². The number of guanidine groups is 1. The van der Waals surface area contributed by atoms with Crippen molar-refractivity contribution in [3.8, 4) is 0 Å². The molecule has 1 aliphatic heterocycles. The maximum Gasteiger partial charge on any atom is 0.195 e. The Balaban J connectivity index is 2.02. The lowest BCUT2D eigenvalue weighted by molar-refractivity contribution is 0.959. The van der Waals surface area contributed by atoms with E-state index in [9.17, 15) is 0 Å². The van der Waals surface area contributed by atoms with Crippen LogP contribution >= 0.6 is 0 Å². The number of anilines is 1. The molecule has 1 aromatic heterocycles. The zero-order valence-electron chi connectivity index (χ0n) is 8.77. The van der Waals surface area contributed by atoms with Gasteiger partial charge in [0.05, 0.1) is 18.4 Å². The van der Waals surface area contributed by atoms with Gasteiger partial charge in [0, 0.05) is 23.5 Å². The zero-order valence-corrected chi connectivity index (χ0v) is 8.77. The standard InChI is InChI=1S/C12H12N4/c1-2-4-10-9(3-1)7-13-8-11(10)16-12-14-5-6-15-12/h1-4,7-8H,5-6H2,(H2,14,15,16). The Bertz CT molecular complexity index is 542. The van der Waals surface area contributed by atoms with Crippen LogP contribution in [0.2, 0.25) is 0 Å². The Hall–Kier alpha value is -2.10. The number of nitrogens with zero attached hydrogens (tertiary/aromatic N) is 2. The molecule has 0 fully saturated rings. The lowest BCUT2D eigenvalue weighted by Gasteiger charge is -2.08. The molecule has 0 aliphatic carbocycles. The number of hydrogen-bond acceptors (Lipinski definition) is 4. The fourth-order valence-electron chi connectivity index (χ4n) is 1.83. The summed E-state index contributed by atoms with van der Waals surface area (Å²) in [4.78, 5) is 8.51. The number of nitrogens with one attached hydrogen (secondary N) is 2. The van der Waals surface area contributed by atoms with E-state index in [1.807, 2.05) is 24.5 Å². The Morgan fingerprint density at radius 3 is 3.00 bits per heavy atom. The van der Waals surface area contributed by atoms with Crippen LogP contribution in [0.5, 0.6) is 0 Å². The average Bonchev–Trinajstić information content (AvgIpc) is 2.82. The summed E-state index contributed by atoms with van der Waals surface area (Å²) in [6, 6.07) is 8.17. The largest absolute Gasteiger partial charge is 0.354 e. The molecule has 0 amide bonds. The van der Waals surface area contributed by atoms with Gasteiger partial charge in [-0.3, -0.25) is 9.98 Å². The van der Waals surface area contributed by atoms with Gasteiger partial charge in [-0.15, -0.1) is 0 Å². The van der Waals surface area contributed by atoms with Crippen molar-refractivity contribution < 1.29 is 0 Å². The molecule has 16 heavy (non-hydrogen) atoms. The number of aromatic nitrogens is 1. The van der Waals surface area contributed by atoms with Crippen LogP contribution in [-0.4, -0.2) is 24.0 Å². The zero-order chi connectivity index (χ0) is 10.8. The second-order valence-electron chi connectivity index (χ2n) is 3.69. The molecule has 0 atom stereocenters. The second kappa shape index (κ2) is 3.81. The molecular formula is C12H12N4. The van der Waals surface area contributed by atoms with E-state index in [1.54, 1.807) is 0 Å². The molecular weight excluding hydrogens is 200 g/mol. The van der Waals surface area contributed by atoms with Crippen LogP contribution in [0.25, 0.3) is 10.8 Å². The van der Waals surface area contributed by atoms with Crippen LogP contribution in [0.15, 0.2) is 41.7 Å². The van der Waals surface area contributed by atoms with Crippen molar-refractivity contribution in [1.29, 1.82) is 0 Å². The van der Waals surface area contributed by atoms with Gasteiger partial charge in [-0.1, -0.05) is 24.3 Å². The highest BCUT2D eigenvalue weighted by molar-refractivity contribution is 6.03. The number of aliphatic imine (C=N–C) groups is 1. The van der Waals surface area contributed by atoms with Gasteiger partial charge in [-0.25, -0.2) is 0 Å². The maximum absolute atomic E-state index is 4.30. The van der Waals surface area contributed by atoms with Crippen LogP contribution in [-0.2, 0) is 0 Å². The Morgan fingerprint density at radius 2 is 2.12 bits per heavy atom. The highest BCUT2D eigenvalue weighted by Crippen LogP contribution is 2.21. The molecule has 0 spiro atoms. The van der Waals surface area contributed by atoms with Gasteiger partial charge < -0.3 is 10.6 Å². The first-order valence-corrected chi connectivity index (χ1v) is 5.31. The molecule has 0 radical (unpaired) electrons. The molecule has 4 nitrogen and oxygen atoms in total. The summed E-state index contributed by atoms with van der Waals surface area (Å²) >= 11 is 0. The molecule has 1 aliphatic rings. The Kier molecular flexibility index (Phi) is 2.18. The molecule has 2 heterocycles. The fourth-order valence-corrected chi connectivity index (χ4v) is 1.83. The van der Waals surface area contributed by atoms with Crippen molar-refractivity contribution in [3.63, 3.8) is 0 Å². The van der Waals surface area contributed by atoms with Gasteiger partial charge in [0.25, 0.3) is 0 Å².